The fourth-order valence-electron chi connectivity index (χ4n) is 3.09. The summed E-state index contributed by atoms with van der Waals surface area (Å²) >= 11 is 0. The summed E-state index contributed by atoms with van der Waals surface area (Å²) in [5, 5.41) is 7.92. The number of nitrogens with zero attached hydrogens (tertiary/aromatic N) is 2. The van der Waals surface area contributed by atoms with E-state index in [1.165, 1.54) is 36.7 Å². The Hall–Kier alpha value is -4.46. The highest BCUT2D eigenvalue weighted by atomic mass is 19.2. The zero-order chi connectivity index (χ0) is 23.9. The predicted octanol–water partition coefficient (Wildman–Crippen LogP) is 6.80. The van der Waals surface area contributed by atoms with Gasteiger partial charge >= 0.3 is 0 Å². The van der Waals surface area contributed by atoms with Crippen LogP contribution in [-0.2, 0) is 0 Å². The first-order valence-electron chi connectivity index (χ1n) is 10.2. The smallest absolute Gasteiger partial charge is 0.183 e. The maximum absolute atomic E-state index is 13.7. The fraction of sp³-hybridized carbons (Fsp3) is 0. The Labute approximate surface area is 193 Å². The van der Waals surface area contributed by atoms with Crippen LogP contribution in [0.4, 0.5) is 28.9 Å². The van der Waals surface area contributed by atoms with Gasteiger partial charge in [-0.15, -0.1) is 0 Å². The molecule has 2 N–H and O–H groups in total. The molecule has 0 saturated carbocycles. The van der Waals surface area contributed by atoms with Gasteiger partial charge < -0.3 is 0 Å². The monoisotopic (exact) mass is 462 g/mol. The first kappa shape index (κ1) is 22.7. The average molecular weight is 462 g/mol. The van der Waals surface area contributed by atoms with Crippen LogP contribution in [-0.4, -0.2) is 12.4 Å². The SMILES string of the molecule is Fc1cccc(N/N=C/c2ccc(-c3cccc(/C=N/Nc4cccc(F)c4F)c3)cc2)c1F. The Bertz CT molecular complexity index is 1350. The molecule has 0 unspecified atom stereocenters. The standard InChI is InChI=1S/C26H18F4N4/c27-21-6-2-8-23(25(21)29)33-31-15-17-10-12-19(13-11-17)20-5-1-4-18(14-20)16-32-34-24-9-3-7-22(28)26(24)30/h1-16,33-34H/b31-15+,32-16+. The van der Waals surface area contributed by atoms with Crippen molar-refractivity contribution in [2.24, 2.45) is 10.2 Å². The van der Waals surface area contributed by atoms with Crippen molar-refractivity contribution in [3.63, 3.8) is 0 Å². The molecule has 4 aromatic rings. The van der Waals surface area contributed by atoms with Crippen LogP contribution in [0.2, 0.25) is 0 Å². The highest BCUT2D eigenvalue weighted by Gasteiger charge is 2.07. The molecule has 0 bridgehead atoms. The molecule has 170 valence electrons. The van der Waals surface area contributed by atoms with Crippen molar-refractivity contribution in [1.29, 1.82) is 0 Å². The molecule has 0 fully saturated rings. The third-order valence-electron chi connectivity index (χ3n) is 4.83. The van der Waals surface area contributed by atoms with Crippen molar-refractivity contribution in [2.75, 3.05) is 10.9 Å². The molecule has 0 aliphatic heterocycles. The maximum atomic E-state index is 13.7. The third kappa shape index (κ3) is 5.47. The van der Waals surface area contributed by atoms with Crippen LogP contribution >= 0.6 is 0 Å². The van der Waals surface area contributed by atoms with Gasteiger partial charge in [0, 0.05) is 0 Å². The van der Waals surface area contributed by atoms with Crippen molar-refractivity contribution in [3.05, 3.63) is 119 Å². The van der Waals surface area contributed by atoms with E-state index in [1.807, 2.05) is 48.5 Å². The summed E-state index contributed by atoms with van der Waals surface area (Å²) < 4.78 is 53.8. The highest BCUT2D eigenvalue weighted by Crippen LogP contribution is 2.21. The quantitative estimate of drug-likeness (QED) is 0.180. The number of nitrogens with one attached hydrogen (secondary N) is 2. The number of benzene rings is 4. The van der Waals surface area contributed by atoms with Crippen LogP contribution in [0.25, 0.3) is 11.1 Å². The molecule has 0 atom stereocenters. The number of halogens is 4. The molecule has 8 heteroatoms. The van der Waals surface area contributed by atoms with Gasteiger partial charge in [-0.25, -0.2) is 17.6 Å². The predicted molar refractivity (Wildman–Crippen MR) is 127 cm³/mol. The van der Waals surface area contributed by atoms with Gasteiger partial charge in [0.2, 0.25) is 0 Å². The van der Waals surface area contributed by atoms with Gasteiger partial charge in [0.1, 0.15) is 0 Å². The second-order valence-corrected chi connectivity index (χ2v) is 7.19. The molecular formula is C26H18F4N4. The topological polar surface area (TPSA) is 48.8 Å². The van der Waals surface area contributed by atoms with Gasteiger partial charge in [0.25, 0.3) is 0 Å². The molecule has 4 aromatic carbocycles. The van der Waals surface area contributed by atoms with Crippen molar-refractivity contribution in [2.45, 2.75) is 0 Å². The van der Waals surface area contributed by atoms with Gasteiger partial charge in [-0.05, 0) is 52.6 Å². The van der Waals surface area contributed by atoms with E-state index in [4.69, 9.17) is 0 Å². The lowest BCUT2D eigenvalue weighted by atomic mass is 10.0. The Morgan fingerprint density at radius 1 is 0.529 bits per heavy atom. The fourth-order valence-corrected chi connectivity index (χ4v) is 3.09. The van der Waals surface area contributed by atoms with E-state index < -0.39 is 23.3 Å². The minimum atomic E-state index is -0.992. The Morgan fingerprint density at radius 2 is 1.06 bits per heavy atom. The molecule has 0 saturated heterocycles. The van der Waals surface area contributed by atoms with Gasteiger partial charge in [-0.1, -0.05) is 54.6 Å². The summed E-state index contributed by atoms with van der Waals surface area (Å²) in [5.74, 6) is -3.88. The molecule has 0 amide bonds. The molecule has 0 aliphatic rings. The summed E-state index contributed by atoms with van der Waals surface area (Å²) in [7, 11) is 0. The van der Waals surface area contributed by atoms with Crippen molar-refractivity contribution in [3.8, 4) is 11.1 Å². The van der Waals surface area contributed by atoms with Crippen LogP contribution < -0.4 is 10.9 Å². The van der Waals surface area contributed by atoms with E-state index in [9.17, 15) is 17.6 Å². The number of hydrogen-bond donors (Lipinski definition) is 2. The van der Waals surface area contributed by atoms with Crippen molar-refractivity contribution in [1.82, 2.24) is 0 Å². The minimum absolute atomic E-state index is 0.0547. The van der Waals surface area contributed by atoms with Crippen molar-refractivity contribution < 1.29 is 17.6 Å². The molecule has 0 aromatic heterocycles. The van der Waals surface area contributed by atoms with Crippen LogP contribution in [0, 0.1) is 23.3 Å². The number of rotatable bonds is 7. The first-order valence-corrected chi connectivity index (χ1v) is 10.2. The maximum Gasteiger partial charge on any atom is 0.183 e. The summed E-state index contributed by atoms with van der Waals surface area (Å²) in [4.78, 5) is 0. The summed E-state index contributed by atoms with van der Waals surface area (Å²) in [5.41, 5.74) is 8.24. The van der Waals surface area contributed by atoms with Gasteiger partial charge in [0.15, 0.2) is 23.3 Å². The molecule has 0 aliphatic carbocycles. The Kier molecular flexibility index (Phi) is 6.98. The lowest BCUT2D eigenvalue weighted by molar-refractivity contribution is 0.511. The first-order chi connectivity index (χ1) is 16.5. The van der Waals surface area contributed by atoms with Crippen molar-refractivity contribution >= 4 is 23.8 Å². The van der Waals surface area contributed by atoms with Crippen LogP contribution in [0.3, 0.4) is 0 Å². The second-order valence-electron chi connectivity index (χ2n) is 7.19. The largest absolute Gasteiger partial charge is 0.275 e. The van der Waals surface area contributed by atoms with E-state index in [2.05, 4.69) is 21.1 Å². The molecular weight excluding hydrogens is 444 g/mol. The second kappa shape index (κ2) is 10.4. The van der Waals surface area contributed by atoms with Crippen LogP contribution in [0.5, 0.6) is 0 Å². The van der Waals surface area contributed by atoms with E-state index in [0.29, 0.717) is 0 Å². The minimum Gasteiger partial charge on any atom is -0.275 e. The van der Waals surface area contributed by atoms with Gasteiger partial charge in [-0.3, -0.25) is 10.9 Å². The third-order valence-corrected chi connectivity index (χ3v) is 4.83. The summed E-state index contributed by atoms with van der Waals surface area (Å²) in [6.45, 7) is 0. The molecule has 4 nitrogen and oxygen atoms in total. The number of hydrogen-bond acceptors (Lipinski definition) is 4. The summed E-state index contributed by atoms with van der Waals surface area (Å²) in [6, 6.07) is 22.6. The number of anilines is 2. The van der Waals surface area contributed by atoms with Gasteiger partial charge in [0.05, 0.1) is 23.8 Å². The summed E-state index contributed by atoms with van der Waals surface area (Å²) in [6.07, 6.45) is 3.00. The Balaban J connectivity index is 1.41. The zero-order valence-corrected chi connectivity index (χ0v) is 17.6. The van der Waals surface area contributed by atoms with Crippen LogP contribution in [0.15, 0.2) is 95.1 Å². The molecule has 0 heterocycles. The van der Waals surface area contributed by atoms with E-state index in [0.717, 1.165) is 34.4 Å². The highest BCUT2D eigenvalue weighted by molar-refractivity contribution is 5.84. The molecule has 0 radical (unpaired) electrons. The lowest BCUT2D eigenvalue weighted by Gasteiger charge is -2.05. The molecule has 34 heavy (non-hydrogen) atoms. The average Bonchev–Trinajstić information content (AvgIpc) is 2.85. The van der Waals surface area contributed by atoms with Crippen LogP contribution in [0.1, 0.15) is 11.1 Å². The zero-order valence-electron chi connectivity index (χ0n) is 17.6. The lowest BCUT2D eigenvalue weighted by Crippen LogP contribution is -1.96. The van der Waals surface area contributed by atoms with Gasteiger partial charge in [-0.2, -0.15) is 10.2 Å². The van der Waals surface area contributed by atoms with E-state index >= 15 is 0 Å². The molecule has 0 spiro atoms. The van der Waals surface area contributed by atoms with E-state index in [-0.39, 0.29) is 11.4 Å². The Morgan fingerprint density at radius 3 is 1.65 bits per heavy atom. The van der Waals surface area contributed by atoms with E-state index in [1.54, 1.807) is 0 Å². The number of hydrazone groups is 2. The molecule has 4 rings (SSSR count). The normalized spacial score (nSPS) is 11.3.